The van der Waals surface area contributed by atoms with E-state index in [0.717, 1.165) is 29.1 Å². The number of hydrogen-bond donors (Lipinski definition) is 1. The zero-order chi connectivity index (χ0) is 17.2. The molecule has 0 aliphatic rings. The van der Waals surface area contributed by atoms with Crippen molar-refractivity contribution >= 4 is 23.4 Å². The molecule has 0 unspecified atom stereocenters. The Labute approximate surface area is 135 Å². The smallest absolute Gasteiger partial charge is 0.321 e. The molecule has 1 aromatic heterocycles. The van der Waals surface area contributed by atoms with E-state index in [0.29, 0.717) is 5.69 Å². The molecule has 0 fully saturated rings. The van der Waals surface area contributed by atoms with Gasteiger partial charge in [0.2, 0.25) is 0 Å². The van der Waals surface area contributed by atoms with Crippen molar-refractivity contribution in [2.75, 3.05) is 11.6 Å². The molecule has 8 heteroatoms. The number of benzene rings is 1. The molecule has 0 saturated carbocycles. The van der Waals surface area contributed by atoms with Crippen LogP contribution in [0.4, 0.5) is 18.9 Å². The lowest BCUT2D eigenvalue weighted by Gasteiger charge is -2.14. The van der Waals surface area contributed by atoms with Gasteiger partial charge in [-0.05, 0) is 31.2 Å². The van der Waals surface area contributed by atoms with Gasteiger partial charge >= 0.3 is 6.18 Å². The summed E-state index contributed by atoms with van der Waals surface area (Å²) in [4.78, 5) is 19.5. The van der Waals surface area contributed by atoms with Gasteiger partial charge in [0.25, 0.3) is 5.91 Å². The van der Waals surface area contributed by atoms with E-state index >= 15 is 0 Å². The van der Waals surface area contributed by atoms with Crippen molar-refractivity contribution in [2.24, 2.45) is 0 Å². The molecule has 0 aliphatic carbocycles. The van der Waals surface area contributed by atoms with Crippen LogP contribution in [0.2, 0.25) is 0 Å². The number of carbonyl (C=O) groups excluding carboxylic acids is 1. The first-order valence-corrected chi connectivity index (χ1v) is 7.82. The minimum Gasteiger partial charge on any atom is -0.321 e. The molecule has 1 aromatic carbocycles. The second-order valence-corrected chi connectivity index (χ2v) is 5.61. The summed E-state index contributed by atoms with van der Waals surface area (Å²) in [6.45, 7) is 3.53. The van der Waals surface area contributed by atoms with Crippen molar-refractivity contribution in [1.29, 1.82) is 0 Å². The lowest BCUT2D eigenvalue weighted by molar-refractivity contribution is -0.142. The summed E-state index contributed by atoms with van der Waals surface area (Å²) in [6, 6.07) is 5.33. The Balaban J connectivity index is 2.44. The van der Waals surface area contributed by atoms with E-state index in [1.54, 1.807) is 38.3 Å². The highest BCUT2D eigenvalue weighted by atomic mass is 32.2. The number of carbonyl (C=O) groups is 1. The second-order valence-electron chi connectivity index (χ2n) is 4.84. The van der Waals surface area contributed by atoms with Crippen LogP contribution in [0.25, 0.3) is 0 Å². The first-order chi connectivity index (χ1) is 10.7. The number of aromatic nitrogens is 2. The zero-order valence-corrected chi connectivity index (χ0v) is 13.5. The molecular formula is C15H14F3N3OS. The standard InChI is InChI=1S/C15H14F3N3OS/c1-8-5-4-6-9(2)11(8)20-13(22)10-7-19-14(23-3)21-12(10)15(16,17)18/h4-7H,1-3H3,(H,20,22). The number of hydrogen-bond acceptors (Lipinski definition) is 4. The summed E-state index contributed by atoms with van der Waals surface area (Å²) in [5.74, 6) is -0.887. The number of amides is 1. The maximum atomic E-state index is 13.1. The molecule has 0 spiro atoms. The Hall–Kier alpha value is -2.09. The number of para-hydroxylation sites is 1. The van der Waals surface area contributed by atoms with Gasteiger partial charge in [-0.3, -0.25) is 4.79 Å². The molecule has 0 radical (unpaired) electrons. The third-order valence-electron chi connectivity index (χ3n) is 3.18. The van der Waals surface area contributed by atoms with Gasteiger partial charge in [-0.1, -0.05) is 30.0 Å². The Morgan fingerprint density at radius 3 is 2.35 bits per heavy atom. The average Bonchev–Trinajstić information content (AvgIpc) is 2.49. The Kier molecular flexibility index (Phi) is 4.93. The first kappa shape index (κ1) is 17.3. The fraction of sp³-hybridized carbons (Fsp3) is 0.267. The highest BCUT2D eigenvalue weighted by Gasteiger charge is 2.38. The summed E-state index contributed by atoms with van der Waals surface area (Å²) in [6.07, 6.45) is -2.27. The molecule has 0 saturated heterocycles. The SMILES string of the molecule is CSc1ncc(C(=O)Nc2c(C)cccc2C)c(C(F)(F)F)n1. The monoisotopic (exact) mass is 341 g/mol. The van der Waals surface area contributed by atoms with Crippen molar-refractivity contribution in [3.8, 4) is 0 Å². The highest BCUT2D eigenvalue weighted by Crippen LogP contribution is 2.32. The summed E-state index contributed by atoms with van der Waals surface area (Å²) < 4.78 is 39.4. The molecule has 4 nitrogen and oxygen atoms in total. The largest absolute Gasteiger partial charge is 0.434 e. The molecule has 2 rings (SSSR count). The van der Waals surface area contributed by atoms with Gasteiger partial charge in [0.15, 0.2) is 10.9 Å². The molecule has 0 atom stereocenters. The van der Waals surface area contributed by atoms with Gasteiger partial charge in [-0.25, -0.2) is 9.97 Å². The summed E-state index contributed by atoms with van der Waals surface area (Å²) in [5, 5.41) is 2.48. The molecule has 0 bridgehead atoms. The molecule has 1 heterocycles. The van der Waals surface area contributed by atoms with Crippen LogP contribution in [-0.4, -0.2) is 22.1 Å². The fourth-order valence-electron chi connectivity index (χ4n) is 2.04. The predicted octanol–water partition coefficient (Wildman–Crippen LogP) is 4.09. The van der Waals surface area contributed by atoms with Crippen molar-refractivity contribution in [3.63, 3.8) is 0 Å². The Bertz CT molecular complexity index is 727. The summed E-state index contributed by atoms with van der Waals surface area (Å²) in [5.41, 5.74) is 0.167. The van der Waals surface area contributed by atoms with Crippen LogP contribution in [0.5, 0.6) is 0 Å². The quantitative estimate of drug-likeness (QED) is 0.675. The maximum absolute atomic E-state index is 13.1. The molecule has 2 aromatic rings. The number of halogens is 3. The van der Waals surface area contributed by atoms with Gasteiger partial charge in [0.1, 0.15) is 0 Å². The lowest BCUT2D eigenvalue weighted by Crippen LogP contribution is -2.22. The van der Waals surface area contributed by atoms with Gasteiger partial charge in [0, 0.05) is 11.9 Å². The zero-order valence-electron chi connectivity index (χ0n) is 12.7. The van der Waals surface area contributed by atoms with E-state index in [1.807, 2.05) is 0 Å². The molecule has 1 amide bonds. The third kappa shape index (κ3) is 3.82. The Morgan fingerprint density at radius 1 is 1.22 bits per heavy atom. The molecule has 122 valence electrons. The van der Waals surface area contributed by atoms with E-state index in [1.165, 1.54) is 0 Å². The number of aryl methyl sites for hydroxylation is 2. The van der Waals surface area contributed by atoms with E-state index in [4.69, 9.17) is 0 Å². The molecule has 1 N–H and O–H groups in total. The van der Waals surface area contributed by atoms with Crippen molar-refractivity contribution in [2.45, 2.75) is 25.2 Å². The van der Waals surface area contributed by atoms with Crippen molar-refractivity contribution < 1.29 is 18.0 Å². The number of nitrogens with one attached hydrogen (secondary N) is 1. The van der Waals surface area contributed by atoms with E-state index < -0.39 is 23.3 Å². The first-order valence-electron chi connectivity index (χ1n) is 6.60. The summed E-state index contributed by atoms with van der Waals surface area (Å²) >= 11 is 0.974. The van der Waals surface area contributed by atoms with Gasteiger partial charge in [-0.2, -0.15) is 13.2 Å². The van der Waals surface area contributed by atoms with Gasteiger partial charge < -0.3 is 5.32 Å². The van der Waals surface area contributed by atoms with E-state index in [-0.39, 0.29) is 5.16 Å². The van der Waals surface area contributed by atoms with Crippen molar-refractivity contribution in [3.05, 3.63) is 46.8 Å². The summed E-state index contributed by atoms with van der Waals surface area (Å²) in [7, 11) is 0. The van der Waals surface area contributed by atoms with E-state index in [2.05, 4.69) is 15.3 Å². The number of rotatable bonds is 3. The van der Waals surface area contributed by atoms with Crippen molar-refractivity contribution in [1.82, 2.24) is 9.97 Å². The van der Waals surface area contributed by atoms with Crippen LogP contribution in [0.15, 0.2) is 29.6 Å². The minimum atomic E-state index is -4.74. The lowest BCUT2D eigenvalue weighted by atomic mass is 10.1. The van der Waals surface area contributed by atoms with E-state index in [9.17, 15) is 18.0 Å². The number of anilines is 1. The normalized spacial score (nSPS) is 11.4. The second kappa shape index (κ2) is 6.57. The third-order valence-corrected chi connectivity index (χ3v) is 3.74. The van der Waals surface area contributed by atoms with Crippen LogP contribution in [-0.2, 0) is 6.18 Å². The number of nitrogens with zero attached hydrogens (tertiary/aromatic N) is 2. The molecular weight excluding hydrogens is 327 g/mol. The maximum Gasteiger partial charge on any atom is 0.434 e. The van der Waals surface area contributed by atoms with Crippen LogP contribution in [0.1, 0.15) is 27.2 Å². The molecule has 0 aliphatic heterocycles. The van der Waals surface area contributed by atoms with Gasteiger partial charge in [0.05, 0.1) is 5.56 Å². The van der Waals surface area contributed by atoms with Crippen LogP contribution < -0.4 is 5.32 Å². The van der Waals surface area contributed by atoms with Crippen LogP contribution in [0, 0.1) is 13.8 Å². The average molecular weight is 341 g/mol. The minimum absolute atomic E-state index is 0.0408. The van der Waals surface area contributed by atoms with Crippen LogP contribution in [0.3, 0.4) is 0 Å². The number of alkyl halides is 3. The Morgan fingerprint density at radius 2 is 1.83 bits per heavy atom. The predicted molar refractivity (Wildman–Crippen MR) is 82.7 cm³/mol. The highest BCUT2D eigenvalue weighted by molar-refractivity contribution is 7.98. The fourth-order valence-corrected chi connectivity index (χ4v) is 2.38. The molecule has 23 heavy (non-hydrogen) atoms. The van der Waals surface area contributed by atoms with Gasteiger partial charge in [-0.15, -0.1) is 0 Å². The topological polar surface area (TPSA) is 54.9 Å². The number of thioether (sulfide) groups is 1. The van der Waals surface area contributed by atoms with Crippen LogP contribution >= 0.6 is 11.8 Å².